The molecule has 19 heavy (non-hydrogen) atoms. The summed E-state index contributed by atoms with van der Waals surface area (Å²) in [5, 5.41) is 10.7. The Bertz CT molecular complexity index is 609. The van der Waals surface area contributed by atoms with E-state index in [9.17, 15) is 13.9 Å². The van der Waals surface area contributed by atoms with E-state index in [-0.39, 0.29) is 26.7 Å². The van der Waals surface area contributed by atoms with Crippen LogP contribution in [0.3, 0.4) is 0 Å². The van der Waals surface area contributed by atoms with E-state index in [4.69, 9.17) is 23.2 Å². The molecule has 100 valence electrons. The van der Waals surface area contributed by atoms with E-state index in [1.807, 2.05) is 0 Å². The summed E-state index contributed by atoms with van der Waals surface area (Å²) >= 11 is 11.9. The summed E-state index contributed by atoms with van der Waals surface area (Å²) in [7, 11) is 0. The van der Waals surface area contributed by atoms with E-state index in [1.165, 1.54) is 13.0 Å². The van der Waals surface area contributed by atoms with Crippen molar-refractivity contribution in [3.05, 3.63) is 68.7 Å². The Balaban J connectivity index is 2.56. The molecule has 0 radical (unpaired) electrons. The summed E-state index contributed by atoms with van der Waals surface area (Å²) in [6.45, 7) is 1.49. The van der Waals surface area contributed by atoms with Crippen LogP contribution in [0, 0.1) is 18.6 Å². The second kappa shape index (κ2) is 5.45. The highest BCUT2D eigenvalue weighted by Gasteiger charge is 2.21. The third kappa shape index (κ3) is 2.73. The lowest BCUT2D eigenvalue weighted by atomic mass is 9.99. The topological polar surface area (TPSA) is 20.2 Å². The third-order valence-corrected chi connectivity index (χ3v) is 3.50. The van der Waals surface area contributed by atoms with Crippen LogP contribution in [-0.2, 0) is 0 Å². The minimum Gasteiger partial charge on any atom is -0.383 e. The predicted molar refractivity (Wildman–Crippen MR) is 71.6 cm³/mol. The van der Waals surface area contributed by atoms with Gasteiger partial charge in [-0.1, -0.05) is 29.3 Å². The van der Waals surface area contributed by atoms with Crippen LogP contribution in [0.25, 0.3) is 0 Å². The van der Waals surface area contributed by atoms with E-state index in [0.717, 1.165) is 6.07 Å². The molecule has 0 spiro atoms. The minimum atomic E-state index is -1.35. The van der Waals surface area contributed by atoms with Gasteiger partial charge >= 0.3 is 0 Å². The molecule has 5 heteroatoms. The maximum absolute atomic E-state index is 13.7. The van der Waals surface area contributed by atoms with Gasteiger partial charge in [-0.15, -0.1) is 0 Å². The van der Waals surface area contributed by atoms with Crippen molar-refractivity contribution in [2.45, 2.75) is 13.0 Å². The molecule has 1 N–H and O–H groups in total. The van der Waals surface area contributed by atoms with Gasteiger partial charge in [0, 0.05) is 27.2 Å². The second-order valence-corrected chi connectivity index (χ2v) is 4.98. The molecule has 0 aromatic heterocycles. The third-order valence-electron chi connectivity index (χ3n) is 2.85. The van der Waals surface area contributed by atoms with Crippen LogP contribution >= 0.6 is 23.2 Å². The summed E-state index contributed by atoms with van der Waals surface area (Å²) < 4.78 is 27.0. The maximum Gasteiger partial charge on any atom is 0.132 e. The molecule has 1 unspecified atom stereocenters. The predicted octanol–water partition coefficient (Wildman–Crippen LogP) is 4.66. The number of benzene rings is 2. The first kappa shape index (κ1) is 14.3. The smallest absolute Gasteiger partial charge is 0.132 e. The van der Waals surface area contributed by atoms with Crippen molar-refractivity contribution in [2.24, 2.45) is 0 Å². The van der Waals surface area contributed by atoms with Crippen LogP contribution in [0.4, 0.5) is 8.78 Å². The van der Waals surface area contributed by atoms with Crippen molar-refractivity contribution in [1.29, 1.82) is 0 Å². The van der Waals surface area contributed by atoms with E-state index >= 15 is 0 Å². The molecule has 0 aliphatic carbocycles. The highest BCUT2D eigenvalue weighted by Crippen LogP contribution is 2.35. The van der Waals surface area contributed by atoms with Gasteiger partial charge in [-0.2, -0.15) is 0 Å². The molecule has 0 saturated heterocycles. The monoisotopic (exact) mass is 302 g/mol. The van der Waals surface area contributed by atoms with Crippen LogP contribution in [0.1, 0.15) is 22.8 Å². The zero-order valence-corrected chi connectivity index (χ0v) is 11.4. The Morgan fingerprint density at radius 3 is 2.21 bits per heavy atom. The minimum absolute atomic E-state index is 0.0612. The molecule has 0 heterocycles. The van der Waals surface area contributed by atoms with Crippen molar-refractivity contribution in [2.75, 3.05) is 0 Å². The Labute approximate surface area is 119 Å². The molecule has 2 aromatic carbocycles. The fraction of sp³-hybridized carbons (Fsp3) is 0.143. The van der Waals surface area contributed by atoms with Gasteiger partial charge < -0.3 is 5.11 Å². The van der Waals surface area contributed by atoms with Crippen LogP contribution in [0.2, 0.25) is 10.0 Å². The molecule has 0 amide bonds. The summed E-state index contributed by atoms with van der Waals surface area (Å²) in [6.07, 6.45) is -1.35. The van der Waals surface area contributed by atoms with Crippen LogP contribution in [0.15, 0.2) is 30.3 Å². The summed E-state index contributed by atoms with van der Waals surface area (Å²) in [4.78, 5) is 0. The molecule has 0 aliphatic heterocycles. The summed E-state index contributed by atoms with van der Waals surface area (Å²) in [6, 6.07) is 6.68. The number of aliphatic hydroxyl groups is 1. The average Bonchev–Trinajstić information content (AvgIpc) is 2.33. The summed E-state index contributed by atoms with van der Waals surface area (Å²) in [5.74, 6) is -1.51. The average molecular weight is 303 g/mol. The van der Waals surface area contributed by atoms with Gasteiger partial charge in [0.25, 0.3) is 0 Å². The van der Waals surface area contributed by atoms with Gasteiger partial charge in [0.05, 0.1) is 0 Å². The molecular formula is C14H10Cl2F2O. The van der Waals surface area contributed by atoms with Gasteiger partial charge in [0.1, 0.15) is 17.7 Å². The van der Waals surface area contributed by atoms with E-state index in [2.05, 4.69) is 0 Å². The number of aliphatic hydroxyl groups excluding tert-OH is 1. The van der Waals surface area contributed by atoms with Gasteiger partial charge in [0.15, 0.2) is 0 Å². The molecule has 1 nitrogen and oxygen atoms in total. The van der Waals surface area contributed by atoms with Crippen LogP contribution in [0.5, 0.6) is 0 Å². The van der Waals surface area contributed by atoms with Gasteiger partial charge in [-0.3, -0.25) is 0 Å². The highest BCUT2D eigenvalue weighted by atomic mass is 35.5. The summed E-state index contributed by atoms with van der Waals surface area (Å²) in [5.41, 5.74) is 0.378. The fourth-order valence-electron chi connectivity index (χ4n) is 1.82. The van der Waals surface area contributed by atoms with Crippen molar-refractivity contribution >= 4 is 23.2 Å². The zero-order valence-electron chi connectivity index (χ0n) is 9.92. The largest absolute Gasteiger partial charge is 0.383 e. The van der Waals surface area contributed by atoms with Crippen molar-refractivity contribution in [1.82, 2.24) is 0 Å². The molecule has 0 bridgehead atoms. The lowest BCUT2D eigenvalue weighted by Gasteiger charge is -2.16. The van der Waals surface area contributed by atoms with Gasteiger partial charge in [-0.05, 0) is 30.7 Å². The number of hydrogen-bond acceptors (Lipinski definition) is 1. The number of aryl methyl sites for hydroxylation is 1. The number of halogens is 4. The molecule has 2 rings (SSSR count). The molecule has 0 aliphatic rings. The Morgan fingerprint density at radius 1 is 1.05 bits per heavy atom. The number of rotatable bonds is 2. The van der Waals surface area contributed by atoms with E-state index in [1.54, 1.807) is 18.2 Å². The SMILES string of the molecule is Cc1cc(C(O)c2c(Cl)cccc2Cl)c(F)cc1F. The Morgan fingerprint density at radius 2 is 1.63 bits per heavy atom. The fourth-order valence-corrected chi connectivity index (χ4v) is 2.42. The molecular weight excluding hydrogens is 293 g/mol. The van der Waals surface area contributed by atoms with E-state index < -0.39 is 17.7 Å². The molecule has 1 atom stereocenters. The zero-order chi connectivity index (χ0) is 14.2. The first-order chi connectivity index (χ1) is 8.91. The van der Waals surface area contributed by atoms with Crippen LogP contribution in [-0.4, -0.2) is 5.11 Å². The molecule has 2 aromatic rings. The van der Waals surface area contributed by atoms with E-state index in [0.29, 0.717) is 0 Å². The first-order valence-electron chi connectivity index (χ1n) is 5.49. The van der Waals surface area contributed by atoms with Crippen molar-refractivity contribution in [3.8, 4) is 0 Å². The molecule has 0 fully saturated rings. The second-order valence-electron chi connectivity index (χ2n) is 4.16. The standard InChI is InChI=1S/C14H10Cl2F2O/c1-7-5-8(12(18)6-11(7)17)14(19)13-9(15)3-2-4-10(13)16/h2-6,14,19H,1H3. The number of hydrogen-bond donors (Lipinski definition) is 1. The van der Waals surface area contributed by atoms with Crippen molar-refractivity contribution in [3.63, 3.8) is 0 Å². The lowest BCUT2D eigenvalue weighted by Crippen LogP contribution is -2.05. The lowest BCUT2D eigenvalue weighted by molar-refractivity contribution is 0.215. The quantitative estimate of drug-likeness (QED) is 0.855. The first-order valence-corrected chi connectivity index (χ1v) is 6.25. The normalized spacial score (nSPS) is 12.5. The van der Waals surface area contributed by atoms with Gasteiger partial charge in [-0.25, -0.2) is 8.78 Å². The van der Waals surface area contributed by atoms with Crippen LogP contribution < -0.4 is 0 Å². The van der Waals surface area contributed by atoms with Crippen molar-refractivity contribution < 1.29 is 13.9 Å². The maximum atomic E-state index is 13.7. The Hall–Kier alpha value is -1.16. The Kier molecular flexibility index (Phi) is 4.09. The van der Waals surface area contributed by atoms with Gasteiger partial charge in [0.2, 0.25) is 0 Å². The molecule has 0 saturated carbocycles. The highest BCUT2D eigenvalue weighted by molar-refractivity contribution is 6.36.